The number of fused-ring (bicyclic) bond motifs is 1. The second-order valence-electron chi connectivity index (χ2n) is 4.97. The van der Waals surface area contributed by atoms with Gasteiger partial charge in [0.1, 0.15) is 11.4 Å². The number of aliphatic hydroxyl groups is 1. The first-order chi connectivity index (χ1) is 9.73. The fraction of sp³-hybridized carbons (Fsp3) is 0.188. The zero-order valence-corrected chi connectivity index (χ0v) is 11.2. The van der Waals surface area contributed by atoms with Crippen molar-refractivity contribution in [1.82, 2.24) is 4.98 Å². The number of anilines is 1. The monoisotopic (exact) mass is 268 g/mol. The van der Waals surface area contributed by atoms with Gasteiger partial charge in [-0.15, -0.1) is 0 Å². The van der Waals surface area contributed by atoms with E-state index in [1.807, 2.05) is 49.4 Å². The number of rotatable bonds is 4. The van der Waals surface area contributed by atoms with Gasteiger partial charge in [0.05, 0.1) is 23.8 Å². The third kappa shape index (κ3) is 2.14. The molecule has 0 aliphatic heterocycles. The molecule has 1 unspecified atom stereocenters. The van der Waals surface area contributed by atoms with Crippen molar-refractivity contribution in [2.24, 2.45) is 0 Å². The highest BCUT2D eigenvalue weighted by atomic mass is 16.3. The van der Waals surface area contributed by atoms with Gasteiger partial charge >= 0.3 is 0 Å². The van der Waals surface area contributed by atoms with Crippen molar-refractivity contribution in [3.63, 3.8) is 0 Å². The van der Waals surface area contributed by atoms with Crippen molar-refractivity contribution in [1.29, 1.82) is 0 Å². The molecule has 3 rings (SSSR count). The summed E-state index contributed by atoms with van der Waals surface area (Å²) in [5.41, 5.74) is 1.18. The van der Waals surface area contributed by atoms with Crippen LogP contribution in [-0.2, 0) is 5.54 Å². The molecule has 1 aromatic carbocycles. The van der Waals surface area contributed by atoms with Gasteiger partial charge < -0.3 is 14.8 Å². The Morgan fingerprint density at radius 2 is 2.00 bits per heavy atom. The highest BCUT2D eigenvalue weighted by Gasteiger charge is 2.26. The molecule has 0 aliphatic rings. The average Bonchev–Trinajstić information content (AvgIpc) is 2.98. The molecule has 3 aromatic rings. The SMILES string of the molecule is CC(CO)(Nc1nccc2occc12)c1ccccc1. The van der Waals surface area contributed by atoms with Crippen LogP contribution >= 0.6 is 0 Å². The number of nitrogens with one attached hydrogen (secondary N) is 1. The predicted molar refractivity (Wildman–Crippen MR) is 78.5 cm³/mol. The standard InChI is InChI=1S/C16H16N2O2/c1-16(11-19,12-5-3-2-4-6-12)18-15-13-8-10-20-14(13)7-9-17-15/h2-10,19H,11H2,1H3,(H,17,18). The molecule has 2 aromatic heterocycles. The highest BCUT2D eigenvalue weighted by Crippen LogP contribution is 2.29. The molecule has 0 saturated heterocycles. The third-order valence-electron chi connectivity index (χ3n) is 3.50. The lowest BCUT2D eigenvalue weighted by molar-refractivity contribution is 0.224. The van der Waals surface area contributed by atoms with E-state index in [0.29, 0.717) is 5.82 Å². The molecule has 20 heavy (non-hydrogen) atoms. The fourth-order valence-corrected chi connectivity index (χ4v) is 2.26. The van der Waals surface area contributed by atoms with Gasteiger partial charge in [-0.05, 0) is 24.6 Å². The van der Waals surface area contributed by atoms with Crippen LogP contribution in [0.4, 0.5) is 5.82 Å². The Hall–Kier alpha value is -2.33. The Morgan fingerprint density at radius 3 is 2.75 bits per heavy atom. The number of nitrogens with zero attached hydrogens (tertiary/aromatic N) is 1. The van der Waals surface area contributed by atoms with E-state index in [0.717, 1.165) is 16.5 Å². The zero-order chi connectivity index (χ0) is 14.0. The molecule has 2 N–H and O–H groups in total. The number of hydrogen-bond acceptors (Lipinski definition) is 4. The summed E-state index contributed by atoms with van der Waals surface area (Å²) in [6, 6.07) is 13.5. The van der Waals surface area contributed by atoms with Crippen molar-refractivity contribution in [3.05, 3.63) is 60.5 Å². The maximum Gasteiger partial charge on any atom is 0.139 e. The van der Waals surface area contributed by atoms with Crippen molar-refractivity contribution in [2.45, 2.75) is 12.5 Å². The van der Waals surface area contributed by atoms with Crippen LogP contribution in [0.15, 0.2) is 59.3 Å². The first kappa shape index (κ1) is 12.7. The smallest absolute Gasteiger partial charge is 0.139 e. The van der Waals surface area contributed by atoms with Crippen molar-refractivity contribution in [3.8, 4) is 0 Å². The summed E-state index contributed by atoms with van der Waals surface area (Å²) in [7, 11) is 0. The van der Waals surface area contributed by atoms with E-state index in [1.165, 1.54) is 0 Å². The van der Waals surface area contributed by atoms with E-state index in [2.05, 4.69) is 10.3 Å². The summed E-state index contributed by atoms with van der Waals surface area (Å²) in [6.07, 6.45) is 3.33. The van der Waals surface area contributed by atoms with Crippen LogP contribution in [-0.4, -0.2) is 16.7 Å². The Bertz CT molecular complexity index is 709. The van der Waals surface area contributed by atoms with Gasteiger partial charge in [0, 0.05) is 6.20 Å². The Balaban J connectivity index is 2.01. The average molecular weight is 268 g/mol. The number of benzene rings is 1. The van der Waals surface area contributed by atoms with E-state index in [4.69, 9.17) is 4.42 Å². The van der Waals surface area contributed by atoms with Crippen LogP contribution in [0.25, 0.3) is 11.0 Å². The third-order valence-corrected chi connectivity index (χ3v) is 3.50. The van der Waals surface area contributed by atoms with Crippen LogP contribution in [0.3, 0.4) is 0 Å². The molecule has 0 bridgehead atoms. The summed E-state index contributed by atoms with van der Waals surface area (Å²) < 4.78 is 5.37. The van der Waals surface area contributed by atoms with Gasteiger partial charge in [-0.3, -0.25) is 0 Å². The molecule has 4 nitrogen and oxygen atoms in total. The lowest BCUT2D eigenvalue weighted by Crippen LogP contribution is -2.36. The van der Waals surface area contributed by atoms with Gasteiger partial charge in [-0.25, -0.2) is 4.98 Å². The second kappa shape index (κ2) is 4.98. The van der Waals surface area contributed by atoms with Crippen LogP contribution < -0.4 is 5.32 Å². The normalized spacial score (nSPS) is 14.1. The molecule has 2 heterocycles. The van der Waals surface area contributed by atoms with Crippen molar-refractivity contribution < 1.29 is 9.52 Å². The molecular formula is C16H16N2O2. The molecule has 102 valence electrons. The molecule has 4 heteroatoms. The number of aliphatic hydroxyl groups excluding tert-OH is 1. The first-order valence-electron chi connectivity index (χ1n) is 6.50. The molecule has 0 aliphatic carbocycles. The first-order valence-corrected chi connectivity index (χ1v) is 6.50. The van der Waals surface area contributed by atoms with Crippen LogP contribution in [0.5, 0.6) is 0 Å². The molecule has 0 radical (unpaired) electrons. The van der Waals surface area contributed by atoms with Crippen LogP contribution in [0, 0.1) is 0 Å². The van der Waals surface area contributed by atoms with Crippen molar-refractivity contribution in [2.75, 3.05) is 11.9 Å². The van der Waals surface area contributed by atoms with Crippen molar-refractivity contribution >= 4 is 16.8 Å². The maximum atomic E-state index is 9.81. The van der Waals surface area contributed by atoms with Crippen LogP contribution in [0.2, 0.25) is 0 Å². The maximum absolute atomic E-state index is 9.81. The Labute approximate surface area is 117 Å². The zero-order valence-electron chi connectivity index (χ0n) is 11.2. The van der Waals surface area contributed by atoms with E-state index < -0.39 is 5.54 Å². The van der Waals surface area contributed by atoms with E-state index in [-0.39, 0.29) is 6.61 Å². The van der Waals surface area contributed by atoms with Gasteiger partial charge in [0.15, 0.2) is 0 Å². The number of pyridine rings is 1. The van der Waals surface area contributed by atoms with E-state index >= 15 is 0 Å². The second-order valence-corrected chi connectivity index (χ2v) is 4.97. The quantitative estimate of drug-likeness (QED) is 0.763. The highest BCUT2D eigenvalue weighted by molar-refractivity contribution is 5.88. The summed E-state index contributed by atoms with van der Waals surface area (Å²) >= 11 is 0. The predicted octanol–water partition coefficient (Wildman–Crippen LogP) is 3.15. The molecule has 0 spiro atoms. The van der Waals surface area contributed by atoms with E-state index in [9.17, 15) is 5.11 Å². The van der Waals surface area contributed by atoms with Gasteiger partial charge in [0.2, 0.25) is 0 Å². The van der Waals surface area contributed by atoms with Crippen LogP contribution in [0.1, 0.15) is 12.5 Å². The van der Waals surface area contributed by atoms with Gasteiger partial charge in [-0.2, -0.15) is 0 Å². The number of furan rings is 1. The molecular weight excluding hydrogens is 252 g/mol. The van der Waals surface area contributed by atoms with E-state index in [1.54, 1.807) is 12.5 Å². The van der Waals surface area contributed by atoms with Gasteiger partial charge in [-0.1, -0.05) is 30.3 Å². The Morgan fingerprint density at radius 1 is 1.20 bits per heavy atom. The fourth-order valence-electron chi connectivity index (χ4n) is 2.26. The molecule has 0 saturated carbocycles. The molecule has 0 amide bonds. The molecule has 0 fully saturated rings. The lowest BCUT2D eigenvalue weighted by atomic mass is 9.93. The largest absolute Gasteiger partial charge is 0.464 e. The minimum atomic E-state index is -0.597. The van der Waals surface area contributed by atoms with Gasteiger partial charge in [0.25, 0.3) is 0 Å². The topological polar surface area (TPSA) is 58.3 Å². The summed E-state index contributed by atoms with van der Waals surface area (Å²) in [4.78, 5) is 4.36. The summed E-state index contributed by atoms with van der Waals surface area (Å²) in [5.74, 6) is 0.705. The number of hydrogen-bond donors (Lipinski definition) is 2. The summed E-state index contributed by atoms with van der Waals surface area (Å²) in [5, 5.41) is 14.0. The summed E-state index contributed by atoms with van der Waals surface area (Å²) in [6.45, 7) is 1.91. The lowest BCUT2D eigenvalue weighted by Gasteiger charge is -2.30. The minimum Gasteiger partial charge on any atom is -0.464 e. The minimum absolute atomic E-state index is 0.0348. The number of aromatic nitrogens is 1. The molecule has 1 atom stereocenters. The Kier molecular flexibility index (Phi) is 3.16.